The van der Waals surface area contributed by atoms with E-state index in [2.05, 4.69) is 5.32 Å². The summed E-state index contributed by atoms with van der Waals surface area (Å²) >= 11 is 0. The van der Waals surface area contributed by atoms with Crippen molar-refractivity contribution in [2.24, 2.45) is 0 Å². The first-order valence-electron chi connectivity index (χ1n) is 5.96. The number of aliphatic hydroxyl groups is 1. The maximum atomic E-state index is 13.1. The zero-order valence-electron chi connectivity index (χ0n) is 9.80. The van der Waals surface area contributed by atoms with Crippen LogP contribution in [0.2, 0.25) is 0 Å². The Morgan fingerprint density at radius 1 is 1.39 bits per heavy atom. The van der Waals surface area contributed by atoms with Gasteiger partial charge in [-0.25, -0.2) is 4.39 Å². The van der Waals surface area contributed by atoms with Gasteiger partial charge in [0.2, 0.25) is 0 Å². The molecule has 98 valence electrons. The van der Waals surface area contributed by atoms with Crippen LogP contribution in [-0.2, 0) is 0 Å². The van der Waals surface area contributed by atoms with Crippen LogP contribution in [0.4, 0.5) is 15.8 Å². The molecule has 0 aromatic heterocycles. The molecule has 0 aliphatic heterocycles. The van der Waals surface area contributed by atoms with Crippen molar-refractivity contribution in [1.82, 2.24) is 0 Å². The Kier molecular flexibility index (Phi) is 3.76. The average molecular weight is 254 g/mol. The number of halogens is 1. The Morgan fingerprint density at radius 3 is 2.78 bits per heavy atom. The quantitative estimate of drug-likeness (QED) is 0.641. The molecule has 1 aromatic carbocycles. The smallest absolute Gasteiger partial charge is 0.292 e. The summed E-state index contributed by atoms with van der Waals surface area (Å²) in [5, 5.41) is 23.5. The number of nitro benzene ring substituents is 1. The third kappa shape index (κ3) is 2.76. The van der Waals surface area contributed by atoms with E-state index in [1.165, 1.54) is 0 Å². The maximum Gasteiger partial charge on any atom is 0.292 e. The number of nitrogens with zero attached hydrogens (tertiary/aromatic N) is 1. The van der Waals surface area contributed by atoms with Crippen LogP contribution < -0.4 is 5.32 Å². The Labute approximate surface area is 104 Å². The van der Waals surface area contributed by atoms with Gasteiger partial charge in [-0.05, 0) is 18.9 Å². The first kappa shape index (κ1) is 12.8. The van der Waals surface area contributed by atoms with Crippen molar-refractivity contribution in [2.75, 3.05) is 5.32 Å². The van der Waals surface area contributed by atoms with Crippen molar-refractivity contribution >= 4 is 11.4 Å². The van der Waals surface area contributed by atoms with Gasteiger partial charge in [0.05, 0.1) is 17.1 Å². The number of nitrogens with one attached hydrogen (secondary N) is 1. The molecule has 6 heteroatoms. The summed E-state index contributed by atoms with van der Waals surface area (Å²) in [6.45, 7) is 0. The van der Waals surface area contributed by atoms with Crippen LogP contribution in [0, 0.1) is 15.9 Å². The van der Waals surface area contributed by atoms with Crippen LogP contribution in [-0.4, -0.2) is 22.2 Å². The van der Waals surface area contributed by atoms with Gasteiger partial charge >= 0.3 is 0 Å². The van der Waals surface area contributed by atoms with E-state index in [1.54, 1.807) is 0 Å². The molecule has 1 aromatic rings. The second-order valence-electron chi connectivity index (χ2n) is 4.52. The van der Waals surface area contributed by atoms with Gasteiger partial charge in [-0.1, -0.05) is 12.8 Å². The van der Waals surface area contributed by atoms with E-state index in [-0.39, 0.29) is 17.4 Å². The van der Waals surface area contributed by atoms with E-state index >= 15 is 0 Å². The fourth-order valence-electron chi connectivity index (χ4n) is 2.26. The molecular weight excluding hydrogens is 239 g/mol. The molecule has 0 spiro atoms. The summed E-state index contributed by atoms with van der Waals surface area (Å²) in [6, 6.07) is 3.03. The molecular formula is C12H15FN2O3. The Hall–Kier alpha value is -1.69. The number of benzene rings is 1. The highest BCUT2D eigenvalue weighted by atomic mass is 19.1. The van der Waals surface area contributed by atoms with Crippen LogP contribution in [0.1, 0.15) is 25.7 Å². The van der Waals surface area contributed by atoms with Gasteiger partial charge in [0.15, 0.2) is 0 Å². The molecule has 2 atom stereocenters. The predicted molar refractivity (Wildman–Crippen MR) is 64.9 cm³/mol. The van der Waals surface area contributed by atoms with E-state index in [4.69, 9.17) is 0 Å². The molecule has 0 bridgehead atoms. The van der Waals surface area contributed by atoms with Gasteiger partial charge in [-0.2, -0.15) is 0 Å². The van der Waals surface area contributed by atoms with Gasteiger partial charge in [0.1, 0.15) is 11.5 Å². The lowest BCUT2D eigenvalue weighted by Gasteiger charge is -2.29. The van der Waals surface area contributed by atoms with Gasteiger partial charge < -0.3 is 10.4 Å². The molecule has 1 saturated carbocycles. The standard InChI is InChI=1S/C12H15FN2O3/c13-8-5-6-11(15(17)18)10(7-8)14-9-3-1-2-4-12(9)16/h5-7,9,12,14,16H,1-4H2. The molecule has 1 fully saturated rings. The van der Waals surface area contributed by atoms with Crippen molar-refractivity contribution in [3.8, 4) is 0 Å². The Bertz CT molecular complexity index is 453. The second kappa shape index (κ2) is 5.30. The Balaban J connectivity index is 2.21. The minimum absolute atomic E-state index is 0.131. The van der Waals surface area contributed by atoms with Gasteiger partial charge in [0.25, 0.3) is 5.69 Å². The summed E-state index contributed by atoms with van der Waals surface area (Å²) < 4.78 is 13.1. The number of nitro groups is 1. The number of rotatable bonds is 3. The van der Waals surface area contributed by atoms with Gasteiger partial charge in [-0.15, -0.1) is 0 Å². The van der Waals surface area contributed by atoms with Crippen LogP contribution in [0.15, 0.2) is 18.2 Å². The molecule has 5 nitrogen and oxygen atoms in total. The van der Waals surface area contributed by atoms with Crippen molar-refractivity contribution in [3.05, 3.63) is 34.1 Å². The average Bonchev–Trinajstić information content (AvgIpc) is 2.32. The molecule has 0 radical (unpaired) electrons. The number of anilines is 1. The van der Waals surface area contributed by atoms with Crippen LogP contribution >= 0.6 is 0 Å². The molecule has 18 heavy (non-hydrogen) atoms. The normalized spacial score (nSPS) is 23.7. The van der Waals surface area contributed by atoms with Crippen molar-refractivity contribution < 1.29 is 14.4 Å². The van der Waals surface area contributed by atoms with E-state index in [9.17, 15) is 19.6 Å². The summed E-state index contributed by atoms with van der Waals surface area (Å²) in [5.41, 5.74) is -0.0416. The SMILES string of the molecule is O=[N+]([O-])c1ccc(F)cc1NC1CCCCC1O. The molecule has 2 unspecified atom stereocenters. The van der Waals surface area contributed by atoms with Crippen molar-refractivity contribution in [2.45, 2.75) is 37.8 Å². The molecule has 0 heterocycles. The van der Waals surface area contributed by atoms with Crippen LogP contribution in [0.5, 0.6) is 0 Å². The lowest BCUT2D eigenvalue weighted by Crippen LogP contribution is -2.36. The highest BCUT2D eigenvalue weighted by Gasteiger charge is 2.25. The zero-order chi connectivity index (χ0) is 13.1. The zero-order valence-corrected chi connectivity index (χ0v) is 9.80. The molecule has 0 saturated heterocycles. The van der Waals surface area contributed by atoms with Crippen LogP contribution in [0.25, 0.3) is 0 Å². The first-order chi connectivity index (χ1) is 8.58. The number of hydrogen-bond donors (Lipinski definition) is 2. The third-order valence-corrected chi connectivity index (χ3v) is 3.23. The lowest BCUT2D eigenvalue weighted by atomic mass is 9.92. The summed E-state index contributed by atoms with van der Waals surface area (Å²) in [5.74, 6) is -0.534. The summed E-state index contributed by atoms with van der Waals surface area (Å²) in [7, 11) is 0. The first-order valence-corrected chi connectivity index (χ1v) is 5.96. The van der Waals surface area contributed by atoms with E-state index < -0.39 is 16.8 Å². The van der Waals surface area contributed by atoms with Crippen LogP contribution in [0.3, 0.4) is 0 Å². The van der Waals surface area contributed by atoms with E-state index in [1.807, 2.05) is 0 Å². The molecule has 0 amide bonds. The fraction of sp³-hybridized carbons (Fsp3) is 0.500. The largest absolute Gasteiger partial charge is 0.391 e. The van der Waals surface area contributed by atoms with E-state index in [0.717, 1.165) is 37.5 Å². The van der Waals surface area contributed by atoms with Crippen molar-refractivity contribution in [3.63, 3.8) is 0 Å². The minimum atomic E-state index is -0.559. The van der Waals surface area contributed by atoms with Crippen molar-refractivity contribution in [1.29, 1.82) is 0 Å². The molecule has 1 aliphatic carbocycles. The minimum Gasteiger partial charge on any atom is -0.391 e. The summed E-state index contributed by atoms with van der Waals surface area (Å²) in [6.07, 6.45) is 2.76. The fourth-order valence-corrected chi connectivity index (χ4v) is 2.26. The monoisotopic (exact) mass is 254 g/mol. The number of hydrogen-bond acceptors (Lipinski definition) is 4. The summed E-state index contributed by atoms with van der Waals surface area (Å²) in [4.78, 5) is 10.3. The van der Waals surface area contributed by atoms with E-state index in [0.29, 0.717) is 6.42 Å². The third-order valence-electron chi connectivity index (χ3n) is 3.23. The Morgan fingerprint density at radius 2 is 2.11 bits per heavy atom. The molecule has 2 rings (SSSR count). The molecule has 1 aliphatic rings. The maximum absolute atomic E-state index is 13.1. The highest BCUT2D eigenvalue weighted by molar-refractivity contribution is 5.62. The predicted octanol–water partition coefficient (Wildman–Crippen LogP) is 2.45. The number of aliphatic hydroxyl groups excluding tert-OH is 1. The topological polar surface area (TPSA) is 75.4 Å². The van der Waals surface area contributed by atoms with Gasteiger partial charge in [0, 0.05) is 12.1 Å². The lowest BCUT2D eigenvalue weighted by molar-refractivity contribution is -0.384. The van der Waals surface area contributed by atoms with Gasteiger partial charge in [-0.3, -0.25) is 10.1 Å². The molecule has 2 N–H and O–H groups in total. The highest BCUT2D eigenvalue weighted by Crippen LogP contribution is 2.29. The second-order valence-corrected chi connectivity index (χ2v) is 4.52.